The van der Waals surface area contributed by atoms with E-state index in [0.717, 1.165) is 24.3 Å². The van der Waals surface area contributed by atoms with Gasteiger partial charge in [0.1, 0.15) is 0 Å². The molecule has 0 aromatic heterocycles. The van der Waals surface area contributed by atoms with Crippen molar-refractivity contribution in [2.24, 2.45) is 0 Å². The molecule has 0 saturated carbocycles. The van der Waals surface area contributed by atoms with Crippen LogP contribution in [0.25, 0.3) is 0 Å². The molecule has 1 aromatic carbocycles. The number of ether oxygens (including phenoxy) is 1. The highest BCUT2D eigenvalue weighted by atomic mass is 19.4. The van der Waals surface area contributed by atoms with E-state index < -0.39 is 72.0 Å². The Kier molecular flexibility index (Phi) is 8.75. The number of esters is 1. The topological polar surface area (TPSA) is 26.3 Å². The van der Waals surface area contributed by atoms with Gasteiger partial charge >= 0.3 is 53.6 Å². The molecule has 19 heteroatoms. The SMILES string of the molecule is CCOC(=O)c1ccc(CCC(F)(F)C(F)(F)C(F)(F)C(F)(F)C(F)(F)C(F)(F)C(F)(F)C(F)(F)F)cc1. The molecule has 0 N–H and O–H groups in total. The Balaban J connectivity index is 3.35. The van der Waals surface area contributed by atoms with Gasteiger partial charge in [0.05, 0.1) is 12.2 Å². The highest BCUT2D eigenvalue weighted by Gasteiger charge is 2.95. The summed E-state index contributed by atoms with van der Waals surface area (Å²) in [4.78, 5) is 11.5. The standard InChI is InChI=1S/C19H13F17O2/c1-2-38-11(37)10-5-3-9(4-6-10)7-8-12(20,21)13(22,23)14(24,25)15(26,27)16(28,29)17(30,31)18(32,33)19(34,35)36/h3-6H,2,7-8H2,1H3. The summed E-state index contributed by atoms with van der Waals surface area (Å²) >= 11 is 0. The first-order valence-electron chi connectivity index (χ1n) is 9.65. The Morgan fingerprint density at radius 2 is 0.974 bits per heavy atom. The lowest BCUT2D eigenvalue weighted by Gasteiger charge is -2.42. The molecule has 0 radical (unpaired) electrons. The third-order valence-electron chi connectivity index (χ3n) is 4.98. The van der Waals surface area contributed by atoms with Crippen LogP contribution in [-0.2, 0) is 11.2 Å². The fourth-order valence-corrected chi connectivity index (χ4v) is 2.68. The average Bonchev–Trinajstić information content (AvgIpc) is 2.76. The van der Waals surface area contributed by atoms with Gasteiger partial charge in [-0.1, -0.05) is 12.1 Å². The zero-order valence-electron chi connectivity index (χ0n) is 18.2. The Bertz CT molecular complexity index is 980. The summed E-state index contributed by atoms with van der Waals surface area (Å²) in [5.74, 6) is -57.4. The second kappa shape index (κ2) is 9.91. The van der Waals surface area contributed by atoms with E-state index in [1.54, 1.807) is 0 Å². The van der Waals surface area contributed by atoms with Crippen molar-refractivity contribution in [3.05, 3.63) is 35.4 Å². The molecular weight excluding hydrogens is 583 g/mol. The van der Waals surface area contributed by atoms with E-state index in [4.69, 9.17) is 0 Å². The van der Waals surface area contributed by atoms with E-state index in [2.05, 4.69) is 4.74 Å². The van der Waals surface area contributed by atoms with E-state index in [0.29, 0.717) is 0 Å². The lowest BCUT2D eigenvalue weighted by atomic mass is 9.87. The number of hydrogen-bond donors (Lipinski definition) is 0. The van der Waals surface area contributed by atoms with Crippen molar-refractivity contribution in [3.63, 3.8) is 0 Å². The molecule has 1 aromatic rings. The molecule has 0 heterocycles. The molecule has 0 aliphatic carbocycles. The van der Waals surface area contributed by atoms with E-state index in [1.165, 1.54) is 6.92 Å². The van der Waals surface area contributed by atoms with Gasteiger partial charge < -0.3 is 4.74 Å². The molecular formula is C19H13F17O2. The first kappa shape index (κ1) is 33.5. The van der Waals surface area contributed by atoms with Gasteiger partial charge in [0.2, 0.25) is 0 Å². The van der Waals surface area contributed by atoms with Crippen molar-refractivity contribution in [2.75, 3.05) is 6.61 Å². The summed E-state index contributed by atoms with van der Waals surface area (Å²) < 4.78 is 230. The maximum absolute atomic E-state index is 13.9. The predicted molar refractivity (Wildman–Crippen MR) is 91.4 cm³/mol. The Morgan fingerprint density at radius 3 is 1.34 bits per heavy atom. The van der Waals surface area contributed by atoms with E-state index >= 15 is 0 Å². The number of halogens is 17. The van der Waals surface area contributed by atoms with Crippen LogP contribution >= 0.6 is 0 Å². The minimum atomic E-state index is -8.65. The molecule has 0 unspecified atom stereocenters. The van der Waals surface area contributed by atoms with Crippen molar-refractivity contribution < 1.29 is 84.2 Å². The van der Waals surface area contributed by atoms with Crippen LogP contribution in [0.5, 0.6) is 0 Å². The number of hydrogen-bond acceptors (Lipinski definition) is 2. The Hall–Kier alpha value is -2.50. The van der Waals surface area contributed by atoms with Crippen molar-refractivity contribution in [2.45, 2.75) is 67.4 Å². The van der Waals surface area contributed by atoms with Crippen molar-refractivity contribution >= 4 is 5.97 Å². The van der Waals surface area contributed by atoms with Gasteiger partial charge in [-0.05, 0) is 31.0 Å². The number of benzene rings is 1. The lowest BCUT2D eigenvalue weighted by molar-refractivity contribution is -0.461. The average molecular weight is 596 g/mol. The molecule has 0 saturated heterocycles. The molecule has 220 valence electrons. The quantitative estimate of drug-likeness (QED) is 0.193. The van der Waals surface area contributed by atoms with Gasteiger partial charge in [-0.3, -0.25) is 0 Å². The largest absolute Gasteiger partial charge is 0.462 e. The first-order chi connectivity index (χ1) is 16.7. The number of rotatable bonds is 11. The van der Waals surface area contributed by atoms with Crippen LogP contribution in [0.3, 0.4) is 0 Å². The summed E-state index contributed by atoms with van der Waals surface area (Å²) in [6.07, 6.45) is -11.8. The number of carbonyl (C=O) groups is 1. The molecule has 38 heavy (non-hydrogen) atoms. The zero-order chi connectivity index (χ0) is 30.4. The summed E-state index contributed by atoms with van der Waals surface area (Å²) in [7, 11) is 0. The van der Waals surface area contributed by atoms with Gasteiger partial charge in [0.25, 0.3) is 0 Å². The van der Waals surface area contributed by atoms with Crippen LogP contribution in [0.4, 0.5) is 74.6 Å². The third kappa shape index (κ3) is 5.08. The monoisotopic (exact) mass is 596 g/mol. The van der Waals surface area contributed by atoms with Gasteiger partial charge in [-0.2, -0.15) is 74.6 Å². The van der Waals surface area contributed by atoms with Crippen LogP contribution in [0.1, 0.15) is 29.3 Å². The van der Waals surface area contributed by atoms with E-state index in [9.17, 15) is 79.4 Å². The van der Waals surface area contributed by atoms with Gasteiger partial charge in [-0.15, -0.1) is 0 Å². The molecule has 0 bridgehead atoms. The molecule has 0 amide bonds. The van der Waals surface area contributed by atoms with E-state index in [-0.39, 0.29) is 12.2 Å². The normalized spacial score (nSPS) is 15.0. The Morgan fingerprint density at radius 1 is 0.605 bits per heavy atom. The second-order valence-corrected chi connectivity index (χ2v) is 7.57. The molecule has 2 nitrogen and oxygen atoms in total. The van der Waals surface area contributed by atoms with Crippen LogP contribution in [0.15, 0.2) is 24.3 Å². The van der Waals surface area contributed by atoms with Crippen molar-refractivity contribution in [1.29, 1.82) is 0 Å². The maximum Gasteiger partial charge on any atom is 0.460 e. The minimum absolute atomic E-state index is 0.112. The first-order valence-corrected chi connectivity index (χ1v) is 9.65. The second-order valence-electron chi connectivity index (χ2n) is 7.57. The highest BCUT2D eigenvalue weighted by Crippen LogP contribution is 2.64. The number of aryl methyl sites for hydroxylation is 1. The summed E-state index contributed by atoms with van der Waals surface area (Å²) in [5.41, 5.74) is -0.692. The summed E-state index contributed by atoms with van der Waals surface area (Å²) in [5, 5.41) is 0. The molecule has 0 atom stereocenters. The van der Waals surface area contributed by atoms with Crippen LogP contribution in [-0.4, -0.2) is 60.2 Å². The summed E-state index contributed by atoms with van der Waals surface area (Å²) in [6, 6.07) is 3.24. The highest BCUT2D eigenvalue weighted by molar-refractivity contribution is 5.89. The van der Waals surface area contributed by atoms with Gasteiger partial charge in [0.15, 0.2) is 0 Å². The van der Waals surface area contributed by atoms with Crippen LogP contribution < -0.4 is 0 Å². The minimum Gasteiger partial charge on any atom is -0.462 e. The molecule has 1 rings (SSSR count). The third-order valence-corrected chi connectivity index (χ3v) is 4.98. The fourth-order valence-electron chi connectivity index (χ4n) is 2.68. The van der Waals surface area contributed by atoms with Gasteiger partial charge in [0, 0.05) is 6.42 Å². The number of alkyl halides is 17. The smallest absolute Gasteiger partial charge is 0.460 e. The summed E-state index contributed by atoms with van der Waals surface area (Å²) in [6.45, 7) is 1.28. The number of carbonyl (C=O) groups excluding carboxylic acids is 1. The van der Waals surface area contributed by atoms with Crippen LogP contribution in [0, 0.1) is 0 Å². The van der Waals surface area contributed by atoms with Crippen molar-refractivity contribution in [1.82, 2.24) is 0 Å². The van der Waals surface area contributed by atoms with Crippen LogP contribution in [0.2, 0.25) is 0 Å². The van der Waals surface area contributed by atoms with E-state index in [1.807, 2.05) is 0 Å². The fraction of sp³-hybridized carbons (Fsp3) is 0.632. The molecule has 0 aliphatic heterocycles. The predicted octanol–water partition coefficient (Wildman–Crippen LogP) is 7.81. The molecule has 0 spiro atoms. The van der Waals surface area contributed by atoms with Gasteiger partial charge in [-0.25, -0.2) is 4.79 Å². The maximum atomic E-state index is 13.9. The lowest BCUT2D eigenvalue weighted by Crippen LogP contribution is -2.74. The molecule has 0 fully saturated rings. The Labute approximate surface area is 200 Å². The zero-order valence-corrected chi connectivity index (χ0v) is 18.2. The van der Waals surface area contributed by atoms with Crippen molar-refractivity contribution in [3.8, 4) is 0 Å². The molecule has 0 aliphatic rings.